The largest absolute Gasteiger partial charge is 0.402 e. The molecule has 12 heavy (non-hydrogen) atoms. The fraction of sp³-hybridized carbons (Fsp3) is 0.250. The second kappa shape index (κ2) is 5.12. The maximum absolute atomic E-state index is 10.3. The van der Waals surface area contributed by atoms with E-state index >= 15 is 0 Å². The highest BCUT2D eigenvalue weighted by atomic mass is 16.6. The van der Waals surface area contributed by atoms with Gasteiger partial charge in [-0.1, -0.05) is 19.6 Å². The average molecular weight is 168 g/mol. The summed E-state index contributed by atoms with van der Waals surface area (Å²) in [6.45, 7) is 5.20. The van der Waals surface area contributed by atoms with E-state index in [-0.39, 0.29) is 5.70 Å². The molecule has 4 nitrogen and oxygen atoms in total. The van der Waals surface area contributed by atoms with Gasteiger partial charge in [0.25, 0.3) is 5.70 Å². The van der Waals surface area contributed by atoms with Gasteiger partial charge in [-0.25, -0.2) is 0 Å². The molecule has 0 saturated carbocycles. The van der Waals surface area contributed by atoms with Gasteiger partial charge in [0.2, 0.25) is 0 Å². The van der Waals surface area contributed by atoms with Crippen LogP contribution in [0.15, 0.2) is 36.2 Å². The summed E-state index contributed by atoms with van der Waals surface area (Å²) in [5.41, 5.74) is 5.87. The first-order valence-electron chi connectivity index (χ1n) is 3.55. The van der Waals surface area contributed by atoms with E-state index in [2.05, 4.69) is 6.58 Å². The molecule has 2 N–H and O–H groups in total. The Morgan fingerprint density at radius 3 is 2.67 bits per heavy atom. The highest BCUT2D eigenvalue weighted by Gasteiger charge is 2.04. The summed E-state index contributed by atoms with van der Waals surface area (Å²) in [6.07, 6.45) is 4.60. The van der Waals surface area contributed by atoms with E-state index in [4.69, 9.17) is 5.73 Å². The third kappa shape index (κ3) is 3.55. The predicted octanol–water partition coefficient (Wildman–Crippen LogP) is 1.59. The number of hydrogen-bond donors (Lipinski definition) is 1. The quantitative estimate of drug-likeness (QED) is 0.393. The van der Waals surface area contributed by atoms with Gasteiger partial charge in [0.15, 0.2) is 0 Å². The smallest absolute Gasteiger partial charge is 0.271 e. The summed E-state index contributed by atoms with van der Waals surface area (Å²) < 4.78 is 0. The van der Waals surface area contributed by atoms with Gasteiger partial charge in [-0.05, 0) is 6.42 Å². The lowest BCUT2D eigenvalue weighted by atomic mass is 10.3. The Bertz CT molecular complexity index is 241. The van der Waals surface area contributed by atoms with Crippen molar-refractivity contribution in [2.75, 3.05) is 0 Å². The van der Waals surface area contributed by atoms with Gasteiger partial charge in [0.05, 0.1) is 4.92 Å². The summed E-state index contributed by atoms with van der Waals surface area (Å²) in [7, 11) is 0. The van der Waals surface area contributed by atoms with Crippen molar-refractivity contribution in [1.29, 1.82) is 0 Å². The Morgan fingerprint density at radius 2 is 2.33 bits per heavy atom. The molecule has 0 aromatic rings. The lowest BCUT2D eigenvalue weighted by Gasteiger charge is -1.93. The standard InChI is InChI=1S/C8H12N2O2/c1-3-5-8(10(11)12)6-7(9)4-2/h3,5-6H,1,4,9H2,2H3/b7-6+,8-5+. The minimum Gasteiger partial charge on any atom is -0.402 e. The van der Waals surface area contributed by atoms with Crippen LogP contribution in [0.25, 0.3) is 0 Å². The first kappa shape index (κ1) is 10.4. The van der Waals surface area contributed by atoms with Gasteiger partial charge in [-0.15, -0.1) is 0 Å². The first-order valence-corrected chi connectivity index (χ1v) is 3.55. The molecule has 0 saturated heterocycles. The number of rotatable bonds is 4. The van der Waals surface area contributed by atoms with Crippen molar-refractivity contribution >= 4 is 0 Å². The number of nitrogens with zero attached hydrogens (tertiary/aromatic N) is 1. The predicted molar refractivity (Wildman–Crippen MR) is 47.8 cm³/mol. The fourth-order valence-electron chi connectivity index (χ4n) is 0.574. The van der Waals surface area contributed by atoms with Gasteiger partial charge in [-0.2, -0.15) is 0 Å². The summed E-state index contributed by atoms with van der Waals surface area (Å²) >= 11 is 0. The molecule has 66 valence electrons. The topological polar surface area (TPSA) is 69.2 Å². The average Bonchev–Trinajstić information content (AvgIpc) is 2.03. The molecule has 0 aromatic heterocycles. The molecule has 4 heteroatoms. The maximum Gasteiger partial charge on any atom is 0.271 e. The van der Waals surface area contributed by atoms with Crippen LogP contribution in [0.5, 0.6) is 0 Å². The Balaban J connectivity index is 4.66. The van der Waals surface area contributed by atoms with E-state index in [1.165, 1.54) is 18.2 Å². The molecule has 0 aliphatic rings. The third-order valence-corrected chi connectivity index (χ3v) is 1.24. The van der Waals surface area contributed by atoms with Gasteiger partial charge >= 0.3 is 0 Å². The number of hydrogen-bond acceptors (Lipinski definition) is 3. The molecule has 0 aromatic carbocycles. The molecule has 0 aliphatic heterocycles. The SMILES string of the molecule is C=C/C=C(\C=C(\N)CC)[N+](=O)[O-]. The van der Waals surface area contributed by atoms with E-state index in [9.17, 15) is 10.1 Å². The molecular formula is C8H12N2O2. The summed E-state index contributed by atoms with van der Waals surface area (Å²) in [6, 6.07) is 0. The molecule has 0 radical (unpaired) electrons. The molecule has 0 bridgehead atoms. The van der Waals surface area contributed by atoms with Crippen LogP contribution >= 0.6 is 0 Å². The van der Waals surface area contributed by atoms with Crippen LogP contribution < -0.4 is 5.73 Å². The molecule has 0 unspecified atom stereocenters. The number of nitro groups is 1. The molecule has 0 heterocycles. The van der Waals surface area contributed by atoms with E-state index in [1.807, 2.05) is 6.92 Å². The zero-order valence-electron chi connectivity index (χ0n) is 6.99. The van der Waals surface area contributed by atoms with Gasteiger partial charge in [0.1, 0.15) is 0 Å². The lowest BCUT2D eigenvalue weighted by molar-refractivity contribution is -0.419. The summed E-state index contributed by atoms with van der Waals surface area (Å²) in [5.74, 6) is 0. The highest BCUT2D eigenvalue weighted by molar-refractivity contribution is 5.19. The monoisotopic (exact) mass is 168 g/mol. The Morgan fingerprint density at radius 1 is 1.75 bits per heavy atom. The fourth-order valence-corrected chi connectivity index (χ4v) is 0.574. The number of nitrogens with two attached hydrogens (primary N) is 1. The van der Waals surface area contributed by atoms with Crippen molar-refractivity contribution in [3.63, 3.8) is 0 Å². The number of allylic oxidation sites excluding steroid dienone is 4. The second-order valence-electron chi connectivity index (χ2n) is 2.16. The zero-order chi connectivity index (χ0) is 9.56. The van der Waals surface area contributed by atoms with Crippen molar-refractivity contribution in [2.24, 2.45) is 5.73 Å². The Kier molecular flexibility index (Phi) is 4.45. The van der Waals surface area contributed by atoms with Gasteiger partial charge < -0.3 is 5.73 Å². The molecule has 0 rings (SSSR count). The van der Waals surface area contributed by atoms with Crippen LogP contribution in [-0.4, -0.2) is 4.92 Å². The maximum atomic E-state index is 10.3. The molecule has 0 atom stereocenters. The van der Waals surface area contributed by atoms with Crippen LogP contribution in [0.1, 0.15) is 13.3 Å². The zero-order valence-corrected chi connectivity index (χ0v) is 6.99. The van der Waals surface area contributed by atoms with Crippen LogP contribution in [0.3, 0.4) is 0 Å². The lowest BCUT2D eigenvalue weighted by Crippen LogP contribution is -2.01. The Labute approximate surface area is 71.2 Å². The molecule has 0 aliphatic carbocycles. The van der Waals surface area contributed by atoms with Crippen LogP contribution in [0.4, 0.5) is 0 Å². The van der Waals surface area contributed by atoms with Crippen molar-refractivity contribution < 1.29 is 4.92 Å². The molecular weight excluding hydrogens is 156 g/mol. The normalized spacial score (nSPS) is 12.8. The van der Waals surface area contributed by atoms with Crippen molar-refractivity contribution in [1.82, 2.24) is 0 Å². The van der Waals surface area contributed by atoms with Crippen molar-refractivity contribution in [3.8, 4) is 0 Å². The van der Waals surface area contributed by atoms with E-state index in [1.54, 1.807) is 0 Å². The van der Waals surface area contributed by atoms with E-state index < -0.39 is 4.92 Å². The van der Waals surface area contributed by atoms with E-state index in [0.29, 0.717) is 12.1 Å². The van der Waals surface area contributed by atoms with Crippen LogP contribution in [-0.2, 0) is 0 Å². The summed E-state index contributed by atoms with van der Waals surface area (Å²) in [4.78, 5) is 9.83. The molecule has 0 spiro atoms. The van der Waals surface area contributed by atoms with Crippen molar-refractivity contribution in [3.05, 3.63) is 46.3 Å². The minimum absolute atomic E-state index is 0.0376. The van der Waals surface area contributed by atoms with Crippen molar-refractivity contribution in [2.45, 2.75) is 13.3 Å². The third-order valence-electron chi connectivity index (χ3n) is 1.24. The van der Waals surface area contributed by atoms with Crippen LogP contribution in [0.2, 0.25) is 0 Å². The summed E-state index contributed by atoms with van der Waals surface area (Å²) in [5, 5.41) is 10.3. The highest BCUT2D eigenvalue weighted by Crippen LogP contribution is 2.02. The minimum atomic E-state index is -0.496. The first-order chi connectivity index (χ1) is 5.61. The van der Waals surface area contributed by atoms with E-state index in [0.717, 1.165) is 0 Å². The molecule has 0 fully saturated rings. The van der Waals surface area contributed by atoms with Gasteiger partial charge in [0, 0.05) is 17.8 Å². The molecule has 0 amide bonds. The second-order valence-corrected chi connectivity index (χ2v) is 2.16. The van der Waals surface area contributed by atoms with Gasteiger partial charge in [-0.3, -0.25) is 10.1 Å². The Hall–Kier alpha value is -1.58. The van der Waals surface area contributed by atoms with Crippen LogP contribution in [0, 0.1) is 10.1 Å².